The van der Waals surface area contributed by atoms with Crippen LogP contribution >= 0.6 is 22.9 Å². The molecule has 2 aromatic rings. The normalized spacial score (nSPS) is 12.8. The first-order chi connectivity index (χ1) is 8.70. The average molecular weight is 284 g/mol. The van der Waals surface area contributed by atoms with E-state index in [9.17, 15) is 0 Å². The van der Waals surface area contributed by atoms with Crippen LogP contribution in [-0.2, 0) is 6.42 Å². The highest BCUT2D eigenvalue weighted by atomic mass is 35.5. The number of thiophene rings is 1. The molecule has 0 aliphatic rings. The summed E-state index contributed by atoms with van der Waals surface area (Å²) in [6.45, 7) is 5.19. The van der Waals surface area contributed by atoms with Gasteiger partial charge in [0.1, 0.15) is 5.76 Å². The van der Waals surface area contributed by atoms with Crippen molar-refractivity contribution in [2.75, 3.05) is 6.54 Å². The largest absolute Gasteiger partial charge is 0.469 e. The zero-order valence-corrected chi connectivity index (χ0v) is 12.3. The number of hydrogen-bond acceptors (Lipinski definition) is 3. The Balaban J connectivity index is 2.12. The summed E-state index contributed by atoms with van der Waals surface area (Å²) in [5.74, 6) is 0.992. The van der Waals surface area contributed by atoms with E-state index >= 15 is 0 Å². The topological polar surface area (TPSA) is 25.2 Å². The lowest BCUT2D eigenvalue weighted by molar-refractivity contribution is 0.495. The van der Waals surface area contributed by atoms with Gasteiger partial charge in [0, 0.05) is 22.9 Å². The van der Waals surface area contributed by atoms with Crippen molar-refractivity contribution in [3.05, 3.63) is 45.0 Å². The third-order valence-corrected chi connectivity index (χ3v) is 4.20. The van der Waals surface area contributed by atoms with Crippen LogP contribution in [-0.4, -0.2) is 6.54 Å². The molecule has 98 valence electrons. The van der Waals surface area contributed by atoms with Gasteiger partial charge in [0.15, 0.2) is 0 Å². The van der Waals surface area contributed by atoms with E-state index in [4.69, 9.17) is 16.0 Å². The quantitative estimate of drug-likeness (QED) is 0.839. The van der Waals surface area contributed by atoms with Gasteiger partial charge in [0.25, 0.3) is 0 Å². The third-order valence-electron chi connectivity index (χ3n) is 2.95. The van der Waals surface area contributed by atoms with E-state index in [0.29, 0.717) is 6.04 Å². The molecule has 1 N–H and O–H groups in total. The highest BCUT2D eigenvalue weighted by Gasteiger charge is 2.16. The van der Waals surface area contributed by atoms with Gasteiger partial charge in [-0.05, 0) is 38.1 Å². The van der Waals surface area contributed by atoms with Crippen LogP contribution in [0.2, 0.25) is 4.34 Å². The molecule has 2 rings (SSSR count). The number of furan rings is 1. The van der Waals surface area contributed by atoms with Gasteiger partial charge in [-0.1, -0.05) is 18.5 Å². The molecule has 0 aliphatic carbocycles. The second-order valence-corrected chi connectivity index (χ2v) is 6.15. The highest BCUT2D eigenvalue weighted by Crippen LogP contribution is 2.28. The van der Waals surface area contributed by atoms with E-state index in [-0.39, 0.29) is 0 Å². The molecule has 0 aromatic carbocycles. The van der Waals surface area contributed by atoms with Crippen molar-refractivity contribution in [2.24, 2.45) is 0 Å². The maximum absolute atomic E-state index is 5.98. The van der Waals surface area contributed by atoms with Gasteiger partial charge in [-0.25, -0.2) is 0 Å². The van der Waals surface area contributed by atoms with Crippen molar-refractivity contribution in [1.29, 1.82) is 0 Å². The van der Waals surface area contributed by atoms with E-state index in [0.717, 1.165) is 29.5 Å². The van der Waals surface area contributed by atoms with Crippen LogP contribution in [0, 0.1) is 6.92 Å². The van der Waals surface area contributed by atoms with Crippen LogP contribution in [0.5, 0.6) is 0 Å². The first-order valence-corrected chi connectivity index (χ1v) is 7.41. The van der Waals surface area contributed by atoms with E-state index in [1.165, 1.54) is 10.4 Å². The highest BCUT2D eigenvalue weighted by molar-refractivity contribution is 7.16. The molecule has 1 unspecified atom stereocenters. The number of rotatable bonds is 6. The molecule has 2 heterocycles. The monoisotopic (exact) mass is 283 g/mol. The number of nitrogens with one attached hydrogen (secondary N) is 1. The van der Waals surface area contributed by atoms with Crippen LogP contribution in [0.1, 0.15) is 35.6 Å². The fourth-order valence-electron chi connectivity index (χ4n) is 2.03. The molecule has 0 amide bonds. The van der Waals surface area contributed by atoms with Gasteiger partial charge in [0.05, 0.1) is 10.6 Å². The first kappa shape index (κ1) is 13.7. The minimum Gasteiger partial charge on any atom is -0.469 e. The second kappa shape index (κ2) is 6.41. The fraction of sp³-hybridized carbons (Fsp3) is 0.429. The van der Waals surface area contributed by atoms with E-state index in [1.54, 1.807) is 17.6 Å². The van der Waals surface area contributed by atoms with Gasteiger partial charge >= 0.3 is 0 Å². The zero-order chi connectivity index (χ0) is 13.0. The standard InChI is InChI=1S/C14H18ClNOS/c1-3-7-16-13(12-6-8-17-10(12)2)9-11-4-5-14(15)18-11/h4-6,8,13,16H,3,7,9H2,1-2H3. The first-order valence-electron chi connectivity index (χ1n) is 6.22. The van der Waals surface area contributed by atoms with Crippen molar-refractivity contribution in [3.63, 3.8) is 0 Å². The lowest BCUT2D eigenvalue weighted by Crippen LogP contribution is -2.24. The maximum Gasteiger partial charge on any atom is 0.105 e. The molecule has 0 radical (unpaired) electrons. The summed E-state index contributed by atoms with van der Waals surface area (Å²) in [4.78, 5) is 1.30. The van der Waals surface area contributed by atoms with Gasteiger partial charge in [0.2, 0.25) is 0 Å². The predicted molar refractivity (Wildman–Crippen MR) is 77.5 cm³/mol. The molecule has 4 heteroatoms. The lowest BCUT2D eigenvalue weighted by atomic mass is 10.0. The van der Waals surface area contributed by atoms with E-state index in [2.05, 4.69) is 24.4 Å². The zero-order valence-electron chi connectivity index (χ0n) is 10.7. The molecule has 0 saturated carbocycles. The average Bonchev–Trinajstić information content (AvgIpc) is 2.93. The van der Waals surface area contributed by atoms with Crippen LogP contribution in [0.4, 0.5) is 0 Å². The summed E-state index contributed by atoms with van der Waals surface area (Å²) >= 11 is 7.63. The third kappa shape index (κ3) is 3.37. The molecular weight excluding hydrogens is 266 g/mol. The van der Waals surface area contributed by atoms with Crippen molar-refractivity contribution in [1.82, 2.24) is 5.32 Å². The van der Waals surface area contributed by atoms with E-state index in [1.807, 2.05) is 13.0 Å². The summed E-state index contributed by atoms with van der Waals surface area (Å²) in [6, 6.07) is 6.42. The van der Waals surface area contributed by atoms with Gasteiger partial charge in [-0.3, -0.25) is 0 Å². The summed E-state index contributed by atoms with van der Waals surface area (Å²) in [7, 11) is 0. The molecule has 18 heavy (non-hydrogen) atoms. The summed E-state index contributed by atoms with van der Waals surface area (Å²) in [6.07, 6.45) is 3.84. The smallest absolute Gasteiger partial charge is 0.105 e. The minimum atomic E-state index is 0.304. The molecule has 0 saturated heterocycles. The summed E-state index contributed by atoms with van der Waals surface area (Å²) in [5.41, 5.74) is 1.24. The Labute approximate surface area is 117 Å². The Hall–Kier alpha value is -0.770. The van der Waals surface area contributed by atoms with Crippen LogP contribution in [0.25, 0.3) is 0 Å². The SMILES string of the molecule is CCCNC(Cc1ccc(Cl)s1)c1ccoc1C. The maximum atomic E-state index is 5.98. The summed E-state index contributed by atoms with van der Waals surface area (Å²) in [5, 5.41) is 3.57. The molecule has 0 fully saturated rings. The van der Waals surface area contributed by atoms with Crippen molar-refractivity contribution >= 4 is 22.9 Å². The Morgan fingerprint density at radius 3 is 2.78 bits per heavy atom. The minimum absolute atomic E-state index is 0.304. The van der Waals surface area contributed by atoms with Crippen molar-refractivity contribution < 1.29 is 4.42 Å². The predicted octanol–water partition coefficient (Wildman–Crippen LogP) is 4.59. The molecule has 1 atom stereocenters. The second-order valence-electron chi connectivity index (χ2n) is 4.35. The molecule has 2 aromatic heterocycles. The summed E-state index contributed by atoms with van der Waals surface area (Å²) < 4.78 is 6.26. The van der Waals surface area contributed by atoms with Crippen LogP contribution in [0.15, 0.2) is 28.9 Å². The van der Waals surface area contributed by atoms with Crippen molar-refractivity contribution in [3.8, 4) is 0 Å². The Morgan fingerprint density at radius 1 is 1.39 bits per heavy atom. The lowest BCUT2D eigenvalue weighted by Gasteiger charge is -2.17. The molecule has 2 nitrogen and oxygen atoms in total. The molecular formula is C14H18ClNOS. The van der Waals surface area contributed by atoms with Gasteiger partial charge in [-0.2, -0.15) is 0 Å². The fourth-order valence-corrected chi connectivity index (χ4v) is 3.16. The Kier molecular flexibility index (Phi) is 4.87. The number of halogens is 1. The van der Waals surface area contributed by atoms with E-state index < -0.39 is 0 Å². The molecule has 0 aliphatic heterocycles. The van der Waals surface area contributed by atoms with Gasteiger partial charge in [-0.15, -0.1) is 11.3 Å². The Morgan fingerprint density at radius 2 is 2.22 bits per heavy atom. The van der Waals surface area contributed by atoms with Gasteiger partial charge < -0.3 is 9.73 Å². The number of hydrogen-bond donors (Lipinski definition) is 1. The molecule has 0 bridgehead atoms. The van der Waals surface area contributed by atoms with Crippen LogP contribution < -0.4 is 5.32 Å². The molecule has 0 spiro atoms. The van der Waals surface area contributed by atoms with Crippen LogP contribution in [0.3, 0.4) is 0 Å². The Bertz CT molecular complexity index is 491. The number of aryl methyl sites for hydroxylation is 1. The van der Waals surface area contributed by atoms with Crippen molar-refractivity contribution in [2.45, 2.75) is 32.7 Å².